The van der Waals surface area contributed by atoms with Gasteiger partial charge in [0.2, 0.25) is 0 Å². The molecular weight excluding hydrogens is 545 g/mol. The number of hydrogen-bond acceptors (Lipinski definition) is 8. The van der Waals surface area contributed by atoms with Crippen LogP contribution >= 0.6 is 95.8 Å². The highest BCUT2D eigenvalue weighted by atomic mass is 32.2. The van der Waals surface area contributed by atoms with E-state index in [1.807, 2.05) is 0 Å². The number of thiol groups is 2. The van der Waals surface area contributed by atoms with Crippen LogP contribution in [0.3, 0.4) is 0 Å². The van der Waals surface area contributed by atoms with Gasteiger partial charge in [-0.2, -0.15) is 48.8 Å². The van der Waals surface area contributed by atoms with E-state index >= 15 is 0 Å². The smallest absolute Gasteiger partial charge is 0.0709 e. The molecule has 0 nitrogen and oxygen atoms in total. The first-order valence-electron chi connectivity index (χ1n) is 12.0. The summed E-state index contributed by atoms with van der Waals surface area (Å²) in [7, 11) is 0. The predicted molar refractivity (Wildman–Crippen MR) is 170 cm³/mol. The minimum absolute atomic E-state index is 0.735. The fourth-order valence-electron chi connectivity index (χ4n) is 4.90. The molecule has 0 spiro atoms. The molecule has 1 fully saturated rings. The van der Waals surface area contributed by atoms with Crippen molar-refractivity contribution in [3.05, 3.63) is 20.6 Å². The lowest BCUT2D eigenvalue weighted by atomic mass is 9.79. The first-order chi connectivity index (χ1) is 15.7. The van der Waals surface area contributed by atoms with Crippen LogP contribution in [-0.4, -0.2) is 43.7 Å². The van der Waals surface area contributed by atoms with Crippen molar-refractivity contribution in [3.63, 3.8) is 0 Å². The van der Waals surface area contributed by atoms with E-state index in [0.29, 0.717) is 0 Å². The highest BCUT2D eigenvalue weighted by molar-refractivity contribution is 8.24. The number of allylic oxidation sites excluding steroid dienone is 2. The van der Waals surface area contributed by atoms with E-state index in [1.165, 1.54) is 64.2 Å². The van der Waals surface area contributed by atoms with Gasteiger partial charge in [0.1, 0.15) is 0 Å². The maximum Gasteiger partial charge on any atom is 0.0709 e. The van der Waals surface area contributed by atoms with E-state index in [2.05, 4.69) is 119 Å². The SMILES string of the molecule is CSC(C1CCC(C(SC)C2SC=C(CCCCS)S2)CC1)C1SC=C(CCCCS)S1. The molecule has 4 atom stereocenters. The van der Waals surface area contributed by atoms with E-state index in [1.54, 1.807) is 9.81 Å². The lowest BCUT2D eigenvalue weighted by Crippen LogP contribution is -2.34. The van der Waals surface area contributed by atoms with Gasteiger partial charge in [-0.1, -0.05) is 0 Å². The fourth-order valence-corrected chi connectivity index (χ4v) is 14.8. The molecule has 3 aliphatic rings. The van der Waals surface area contributed by atoms with Crippen molar-refractivity contribution < 1.29 is 0 Å². The molecule has 32 heavy (non-hydrogen) atoms. The summed E-state index contributed by atoms with van der Waals surface area (Å²) < 4.78 is 1.47. The Hall–Kier alpha value is 2.28. The fraction of sp³-hybridized carbons (Fsp3) is 0.833. The molecule has 4 unspecified atom stereocenters. The Morgan fingerprint density at radius 3 is 1.50 bits per heavy atom. The summed E-state index contributed by atoms with van der Waals surface area (Å²) in [6.07, 6.45) is 18.1. The van der Waals surface area contributed by atoms with Gasteiger partial charge >= 0.3 is 0 Å². The maximum atomic E-state index is 4.37. The molecule has 0 bridgehead atoms. The van der Waals surface area contributed by atoms with Gasteiger partial charge < -0.3 is 0 Å². The van der Waals surface area contributed by atoms with Crippen LogP contribution in [0.5, 0.6) is 0 Å². The average Bonchev–Trinajstić information content (AvgIpc) is 3.47. The van der Waals surface area contributed by atoms with Gasteiger partial charge in [-0.05, 0) is 121 Å². The third kappa shape index (κ3) is 8.69. The van der Waals surface area contributed by atoms with Gasteiger partial charge in [-0.3, -0.25) is 0 Å². The van der Waals surface area contributed by atoms with Crippen molar-refractivity contribution in [2.24, 2.45) is 11.8 Å². The quantitative estimate of drug-likeness (QED) is 0.153. The van der Waals surface area contributed by atoms with Crippen LogP contribution in [0.15, 0.2) is 20.6 Å². The minimum Gasteiger partial charge on any atom is -0.179 e. The lowest BCUT2D eigenvalue weighted by Gasteiger charge is -2.39. The summed E-state index contributed by atoms with van der Waals surface area (Å²) in [5, 5.41) is 6.55. The van der Waals surface area contributed by atoms with Crippen molar-refractivity contribution in [2.75, 3.05) is 24.0 Å². The topological polar surface area (TPSA) is 0 Å². The van der Waals surface area contributed by atoms with E-state index in [0.717, 1.165) is 43.0 Å². The van der Waals surface area contributed by atoms with Crippen molar-refractivity contribution in [2.45, 2.75) is 83.9 Å². The minimum atomic E-state index is 0.735. The second kappa shape index (κ2) is 16.2. The third-order valence-corrected chi connectivity index (χ3v) is 16.2. The highest BCUT2D eigenvalue weighted by Crippen LogP contribution is 2.53. The van der Waals surface area contributed by atoms with Crippen LogP contribution in [-0.2, 0) is 0 Å². The largest absolute Gasteiger partial charge is 0.179 e. The third-order valence-electron chi connectivity index (χ3n) is 6.69. The zero-order valence-corrected chi connectivity index (χ0v) is 26.1. The summed E-state index contributed by atoms with van der Waals surface area (Å²) in [6, 6.07) is 0. The Kier molecular flexibility index (Phi) is 14.6. The van der Waals surface area contributed by atoms with Crippen LogP contribution in [0, 0.1) is 11.8 Å². The molecule has 2 aliphatic heterocycles. The van der Waals surface area contributed by atoms with E-state index in [4.69, 9.17) is 0 Å². The molecule has 0 N–H and O–H groups in total. The molecule has 0 saturated heterocycles. The molecule has 0 radical (unpaired) electrons. The van der Waals surface area contributed by atoms with Crippen LogP contribution in [0.2, 0.25) is 0 Å². The van der Waals surface area contributed by atoms with Gasteiger partial charge in [-0.15, -0.1) is 47.0 Å². The van der Waals surface area contributed by atoms with Gasteiger partial charge in [0.15, 0.2) is 0 Å². The number of unbranched alkanes of at least 4 members (excludes halogenated alkanes) is 2. The molecule has 0 aromatic rings. The van der Waals surface area contributed by atoms with Crippen LogP contribution in [0.1, 0.15) is 64.2 Å². The Bertz CT molecular complexity index is 547. The van der Waals surface area contributed by atoms with Crippen molar-refractivity contribution in [1.29, 1.82) is 0 Å². The van der Waals surface area contributed by atoms with E-state index < -0.39 is 0 Å². The van der Waals surface area contributed by atoms with Crippen LogP contribution in [0.4, 0.5) is 0 Å². The van der Waals surface area contributed by atoms with Crippen molar-refractivity contribution in [1.82, 2.24) is 0 Å². The molecule has 0 aromatic heterocycles. The molecule has 8 heteroatoms. The summed E-state index contributed by atoms with van der Waals surface area (Å²) in [5.74, 6) is 3.84. The van der Waals surface area contributed by atoms with E-state index in [-0.39, 0.29) is 0 Å². The van der Waals surface area contributed by atoms with Gasteiger partial charge in [-0.25, -0.2) is 0 Å². The molecule has 1 saturated carbocycles. The zero-order chi connectivity index (χ0) is 22.8. The molecule has 0 amide bonds. The first-order valence-corrected chi connectivity index (χ1v) is 19.5. The number of rotatable bonds is 14. The molecule has 3 rings (SSSR count). The standard InChI is InChI=1S/C24H40S8/c1-27-21(23-29-15-19(31-23)7-3-5-13-25)17-9-11-18(12-10-17)22(28-2)24-30-16-20(32-24)8-4-6-14-26/h15-18,21-26H,3-14H2,1-2H3. The second-order valence-corrected chi connectivity index (χ2v) is 16.9. The summed E-state index contributed by atoms with van der Waals surface area (Å²) >= 11 is 21.6. The maximum absolute atomic E-state index is 4.37. The Morgan fingerprint density at radius 1 is 0.750 bits per heavy atom. The molecule has 0 aromatic carbocycles. The molecule has 2 heterocycles. The Balaban J connectivity index is 1.43. The molecule has 1 aliphatic carbocycles. The predicted octanol–water partition coefficient (Wildman–Crippen LogP) is 9.75. The Labute approximate surface area is 234 Å². The van der Waals surface area contributed by atoms with Crippen LogP contribution < -0.4 is 0 Å². The normalized spacial score (nSPS) is 30.2. The molecular formula is C24H40S8. The Morgan fingerprint density at radius 2 is 1.16 bits per heavy atom. The van der Waals surface area contributed by atoms with Crippen molar-refractivity contribution >= 4 is 95.8 Å². The highest BCUT2D eigenvalue weighted by Gasteiger charge is 2.39. The number of thioether (sulfide) groups is 6. The monoisotopic (exact) mass is 584 g/mol. The van der Waals surface area contributed by atoms with Crippen molar-refractivity contribution in [3.8, 4) is 0 Å². The zero-order valence-electron chi connectivity index (χ0n) is 19.4. The van der Waals surface area contributed by atoms with E-state index in [9.17, 15) is 0 Å². The summed E-state index contributed by atoms with van der Waals surface area (Å²) in [5.41, 5.74) is 0. The first kappa shape index (κ1) is 28.8. The van der Waals surface area contributed by atoms with Gasteiger partial charge in [0.25, 0.3) is 0 Å². The average molecular weight is 585 g/mol. The summed E-state index contributed by atoms with van der Waals surface area (Å²) in [6.45, 7) is 0. The lowest BCUT2D eigenvalue weighted by molar-refractivity contribution is 0.272. The second-order valence-electron chi connectivity index (χ2n) is 8.85. The molecule has 184 valence electrons. The number of hydrogen-bond donors (Lipinski definition) is 2. The van der Waals surface area contributed by atoms with Gasteiger partial charge in [0, 0.05) is 10.5 Å². The van der Waals surface area contributed by atoms with Crippen LogP contribution in [0.25, 0.3) is 0 Å². The van der Waals surface area contributed by atoms with Gasteiger partial charge in [0.05, 0.1) is 9.16 Å². The summed E-state index contributed by atoms with van der Waals surface area (Å²) in [4.78, 5) is 3.26.